The van der Waals surface area contributed by atoms with E-state index in [1.807, 2.05) is 66.7 Å². The molecule has 0 radical (unpaired) electrons. The molecule has 4 aromatic rings. The maximum atomic E-state index is 13.1. The molecule has 0 atom stereocenters. The highest BCUT2D eigenvalue weighted by Gasteiger charge is 2.32. The Morgan fingerprint density at radius 1 is 1.04 bits per heavy atom. The number of nitrogens with one attached hydrogen (secondary N) is 1. The summed E-state index contributed by atoms with van der Waals surface area (Å²) in [5, 5.41) is 8.01. The molecule has 5 heteroatoms. The van der Waals surface area contributed by atoms with E-state index < -0.39 is 0 Å². The third kappa shape index (κ3) is 3.16. The summed E-state index contributed by atoms with van der Waals surface area (Å²) in [7, 11) is 0. The minimum atomic E-state index is -0.140. The Balaban J connectivity index is 1.56. The molecule has 2 aromatic carbocycles. The molecule has 1 aliphatic rings. The van der Waals surface area contributed by atoms with E-state index in [1.165, 1.54) is 0 Å². The molecule has 2 aromatic heterocycles. The van der Waals surface area contributed by atoms with Gasteiger partial charge in [0.15, 0.2) is 0 Å². The molecular weight excluding hydrogens is 350 g/mol. The van der Waals surface area contributed by atoms with Gasteiger partial charge in [0, 0.05) is 18.0 Å². The van der Waals surface area contributed by atoms with Gasteiger partial charge < -0.3 is 9.84 Å². The van der Waals surface area contributed by atoms with Gasteiger partial charge in [-0.05, 0) is 24.5 Å². The van der Waals surface area contributed by atoms with E-state index in [-0.39, 0.29) is 5.91 Å². The second kappa shape index (κ2) is 6.93. The first-order valence-corrected chi connectivity index (χ1v) is 9.47. The zero-order valence-corrected chi connectivity index (χ0v) is 15.3. The Labute approximate surface area is 162 Å². The fourth-order valence-corrected chi connectivity index (χ4v) is 3.42. The van der Waals surface area contributed by atoms with Crippen molar-refractivity contribution in [2.24, 2.45) is 0 Å². The zero-order chi connectivity index (χ0) is 18.9. The number of fused-ring (bicyclic) bond motifs is 1. The van der Waals surface area contributed by atoms with Crippen LogP contribution < -0.4 is 5.32 Å². The summed E-state index contributed by atoms with van der Waals surface area (Å²) in [4.78, 5) is 17.7. The molecule has 138 valence electrons. The molecule has 28 heavy (non-hydrogen) atoms. The maximum Gasteiger partial charge on any atom is 0.259 e. The summed E-state index contributed by atoms with van der Waals surface area (Å²) < 4.78 is 5.52. The fraction of sp³-hybridized carbons (Fsp3) is 0.174. The Morgan fingerprint density at radius 3 is 2.46 bits per heavy atom. The van der Waals surface area contributed by atoms with Crippen LogP contribution in [0.1, 0.15) is 40.4 Å². The van der Waals surface area contributed by atoms with E-state index in [4.69, 9.17) is 4.52 Å². The molecule has 0 bridgehead atoms. The Kier molecular flexibility index (Phi) is 4.13. The monoisotopic (exact) mass is 369 g/mol. The van der Waals surface area contributed by atoms with Crippen LogP contribution in [0.3, 0.4) is 0 Å². The summed E-state index contributed by atoms with van der Waals surface area (Å²) >= 11 is 0. The predicted molar refractivity (Wildman–Crippen MR) is 107 cm³/mol. The van der Waals surface area contributed by atoms with Gasteiger partial charge in [-0.25, -0.2) is 4.98 Å². The number of amides is 1. The van der Waals surface area contributed by atoms with E-state index in [2.05, 4.69) is 15.5 Å². The lowest BCUT2D eigenvalue weighted by Gasteiger charge is -2.09. The number of carbonyl (C=O) groups is 1. The van der Waals surface area contributed by atoms with Gasteiger partial charge in [-0.3, -0.25) is 4.79 Å². The number of pyridine rings is 1. The first-order valence-electron chi connectivity index (χ1n) is 9.47. The summed E-state index contributed by atoms with van der Waals surface area (Å²) in [6.45, 7) is 0.466. The molecule has 5 nitrogen and oxygen atoms in total. The molecule has 1 N–H and O–H groups in total. The van der Waals surface area contributed by atoms with E-state index in [0.29, 0.717) is 29.4 Å². The third-order valence-corrected chi connectivity index (χ3v) is 5.05. The zero-order valence-electron chi connectivity index (χ0n) is 15.3. The van der Waals surface area contributed by atoms with Crippen molar-refractivity contribution in [2.45, 2.75) is 25.3 Å². The van der Waals surface area contributed by atoms with Crippen LogP contribution in [0.4, 0.5) is 0 Å². The maximum absolute atomic E-state index is 13.1. The fourth-order valence-electron chi connectivity index (χ4n) is 3.42. The summed E-state index contributed by atoms with van der Waals surface area (Å²) in [6, 6.07) is 21.5. The highest BCUT2D eigenvalue weighted by Crippen LogP contribution is 2.43. The predicted octanol–water partition coefficient (Wildman–Crippen LogP) is 4.70. The average molecular weight is 369 g/mol. The second-order valence-corrected chi connectivity index (χ2v) is 7.11. The average Bonchev–Trinajstić information content (AvgIpc) is 3.51. The number of nitrogens with zero attached hydrogens (tertiary/aromatic N) is 2. The van der Waals surface area contributed by atoms with Crippen molar-refractivity contribution in [1.29, 1.82) is 0 Å². The number of hydrogen-bond acceptors (Lipinski definition) is 4. The lowest BCUT2D eigenvalue weighted by molar-refractivity contribution is 0.0952. The van der Waals surface area contributed by atoms with Crippen LogP contribution in [0.15, 0.2) is 71.3 Å². The van der Waals surface area contributed by atoms with Crippen molar-refractivity contribution in [1.82, 2.24) is 15.5 Å². The molecule has 0 unspecified atom stereocenters. The van der Waals surface area contributed by atoms with Gasteiger partial charge in [0.2, 0.25) is 0 Å². The molecule has 0 aliphatic heterocycles. The topological polar surface area (TPSA) is 68.0 Å². The molecule has 5 rings (SSSR count). The third-order valence-electron chi connectivity index (χ3n) is 5.05. The summed E-state index contributed by atoms with van der Waals surface area (Å²) in [6.07, 6.45) is 2.15. The van der Waals surface area contributed by atoms with Gasteiger partial charge in [-0.15, -0.1) is 0 Å². The van der Waals surface area contributed by atoms with Gasteiger partial charge in [0.25, 0.3) is 11.6 Å². The van der Waals surface area contributed by atoms with Crippen molar-refractivity contribution in [3.63, 3.8) is 0 Å². The molecule has 1 amide bonds. The minimum absolute atomic E-state index is 0.140. The number of rotatable bonds is 5. The standard InChI is InChI=1S/C23H19N3O2/c27-22(24-14-15-7-3-1-4-8-15)18-13-19(16-9-5-2-6-10-16)25-23-20(18)21(26-28-23)17-11-12-17/h1-10,13,17H,11-12,14H2,(H,24,27). The Hall–Kier alpha value is -3.47. The quantitative estimate of drug-likeness (QED) is 0.554. The van der Waals surface area contributed by atoms with E-state index >= 15 is 0 Å². The van der Waals surface area contributed by atoms with E-state index in [9.17, 15) is 4.79 Å². The molecule has 1 saturated carbocycles. The van der Waals surface area contributed by atoms with Gasteiger partial charge in [-0.1, -0.05) is 65.8 Å². The highest BCUT2D eigenvalue weighted by molar-refractivity contribution is 6.07. The molecule has 0 saturated heterocycles. The van der Waals surface area contributed by atoms with Gasteiger partial charge in [0.1, 0.15) is 0 Å². The van der Waals surface area contributed by atoms with Crippen molar-refractivity contribution >= 4 is 17.0 Å². The smallest absolute Gasteiger partial charge is 0.259 e. The number of aromatic nitrogens is 2. The lowest BCUT2D eigenvalue weighted by Crippen LogP contribution is -2.23. The first-order chi connectivity index (χ1) is 13.8. The normalized spacial score (nSPS) is 13.6. The van der Waals surface area contributed by atoms with E-state index in [1.54, 1.807) is 0 Å². The van der Waals surface area contributed by atoms with Crippen LogP contribution in [-0.4, -0.2) is 16.0 Å². The molecular formula is C23H19N3O2. The van der Waals surface area contributed by atoms with Crippen molar-refractivity contribution in [2.75, 3.05) is 0 Å². The highest BCUT2D eigenvalue weighted by atomic mass is 16.5. The van der Waals surface area contributed by atoms with Gasteiger partial charge >= 0.3 is 0 Å². The molecule has 1 aliphatic carbocycles. The van der Waals surface area contributed by atoms with Crippen LogP contribution in [0.2, 0.25) is 0 Å². The van der Waals surface area contributed by atoms with Gasteiger partial charge in [0.05, 0.1) is 22.3 Å². The van der Waals surface area contributed by atoms with Crippen molar-refractivity contribution in [3.8, 4) is 11.3 Å². The van der Waals surface area contributed by atoms with Crippen molar-refractivity contribution in [3.05, 3.63) is 83.6 Å². The van der Waals surface area contributed by atoms with Crippen LogP contribution in [0, 0.1) is 0 Å². The minimum Gasteiger partial charge on any atom is -0.348 e. The lowest BCUT2D eigenvalue weighted by atomic mass is 10.0. The SMILES string of the molecule is O=C(NCc1ccccc1)c1cc(-c2ccccc2)nc2onc(C3CC3)c12. The summed E-state index contributed by atoms with van der Waals surface area (Å²) in [5.74, 6) is 0.227. The van der Waals surface area contributed by atoms with Crippen LogP contribution in [-0.2, 0) is 6.54 Å². The molecule has 0 spiro atoms. The second-order valence-electron chi connectivity index (χ2n) is 7.11. The van der Waals surface area contributed by atoms with Crippen LogP contribution in [0.25, 0.3) is 22.4 Å². The van der Waals surface area contributed by atoms with Crippen molar-refractivity contribution < 1.29 is 9.32 Å². The number of hydrogen-bond donors (Lipinski definition) is 1. The van der Waals surface area contributed by atoms with Crippen LogP contribution >= 0.6 is 0 Å². The number of benzene rings is 2. The molecule has 1 fully saturated rings. The van der Waals surface area contributed by atoms with Gasteiger partial charge in [-0.2, -0.15) is 0 Å². The Bertz CT molecular complexity index is 1130. The van der Waals surface area contributed by atoms with Crippen LogP contribution in [0.5, 0.6) is 0 Å². The Morgan fingerprint density at radius 2 is 1.75 bits per heavy atom. The first kappa shape index (κ1) is 16.7. The van der Waals surface area contributed by atoms with E-state index in [0.717, 1.165) is 35.0 Å². The molecule has 2 heterocycles. The largest absolute Gasteiger partial charge is 0.348 e. The number of carbonyl (C=O) groups excluding carboxylic acids is 1. The summed E-state index contributed by atoms with van der Waals surface area (Å²) in [5.41, 5.74) is 4.54.